The maximum atomic E-state index is 15.2. The maximum Gasteiger partial charge on any atom is 0.173 e. The Kier molecular flexibility index (Phi) is 7.35. The highest BCUT2D eigenvalue weighted by Gasteiger charge is 2.13. The zero-order valence-corrected chi connectivity index (χ0v) is 19.8. The van der Waals surface area contributed by atoms with Gasteiger partial charge in [0.1, 0.15) is 11.5 Å². The molecule has 0 atom stereocenters. The largest absolute Gasteiger partial charge is 0.363 e. The quantitative estimate of drug-likeness (QED) is 0.301. The number of nitrogens with zero attached hydrogens (tertiary/aromatic N) is 4. The standard InChI is InChI=1S/C26H19F2N5.C2H6/c1-16-11-20(6-9-29-16)25-22(27)12-17(14-32-25)15-33-26-24(28)21(7-10-31-26)18-4-5-23-19(13-18)3-2-8-30-23;1-2/h2-14H,15H2,1H3,(H,31,33);1-2H3. The molecule has 1 N–H and O–H groups in total. The predicted octanol–water partition coefficient (Wildman–Crippen LogP) is 6.98. The molecule has 0 fully saturated rings. The van der Waals surface area contributed by atoms with Crippen LogP contribution in [-0.2, 0) is 6.54 Å². The van der Waals surface area contributed by atoms with Crippen LogP contribution in [0.1, 0.15) is 25.1 Å². The molecule has 0 aliphatic carbocycles. The number of halogens is 2. The van der Waals surface area contributed by atoms with Crippen molar-refractivity contribution in [2.45, 2.75) is 27.3 Å². The van der Waals surface area contributed by atoms with E-state index in [1.165, 1.54) is 6.07 Å². The molecular formula is C28H25F2N5. The first kappa shape index (κ1) is 23.9. The van der Waals surface area contributed by atoms with Gasteiger partial charge in [-0.3, -0.25) is 15.0 Å². The first-order valence-electron chi connectivity index (χ1n) is 11.4. The third-order valence-electron chi connectivity index (χ3n) is 5.33. The predicted molar refractivity (Wildman–Crippen MR) is 136 cm³/mol. The fourth-order valence-corrected chi connectivity index (χ4v) is 3.70. The van der Waals surface area contributed by atoms with Crippen LogP contribution in [0.2, 0.25) is 0 Å². The Morgan fingerprint density at radius 2 is 1.63 bits per heavy atom. The summed E-state index contributed by atoms with van der Waals surface area (Å²) >= 11 is 0. The van der Waals surface area contributed by atoms with E-state index < -0.39 is 11.6 Å². The van der Waals surface area contributed by atoms with Crippen molar-refractivity contribution >= 4 is 16.7 Å². The van der Waals surface area contributed by atoms with Crippen LogP contribution >= 0.6 is 0 Å². The Hall–Kier alpha value is -4.26. The fourth-order valence-electron chi connectivity index (χ4n) is 3.70. The van der Waals surface area contributed by atoms with E-state index in [1.807, 2.05) is 51.1 Å². The highest BCUT2D eigenvalue weighted by atomic mass is 19.1. The third-order valence-corrected chi connectivity index (χ3v) is 5.33. The minimum atomic E-state index is -0.474. The molecule has 4 aromatic heterocycles. The zero-order chi connectivity index (χ0) is 24.8. The summed E-state index contributed by atoms with van der Waals surface area (Å²) in [6.45, 7) is 6.01. The van der Waals surface area contributed by atoms with Gasteiger partial charge < -0.3 is 5.32 Å². The van der Waals surface area contributed by atoms with Gasteiger partial charge in [-0.1, -0.05) is 26.0 Å². The van der Waals surface area contributed by atoms with E-state index in [2.05, 4.69) is 25.3 Å². The van der Waals surface area contributed by atoms with E-state index >= 15 is 4.39 Å². The summed E-state index contributed by atoms with van der Waals surface area (Å²) in [5.74, 6) is -0.835. The fraction of sp³-hybridized carbons (Fsp3) is 0.143. The molecule has 0 unspecified atom stereocenters. The Morgan fingerprint density at radius 1 is 0.800 bits per heavy atom. The van der Waals surface area contributed by atoms with Gasteiger partial charge in [-0.2, -0.15) is 0 Å². The molecule has 35 heavy (non-hydrogen) atoms. The normalized spacial score (nSPS) is 10.5. The van der Waals surface area contributed by atoms with E-state index in [1.54, 1.807) is 43.0 Å². The van der Waals surface area contributed by atoms with Gasteiger partial charge in [0.15, 0.2) is 11.6 Å². The number of pyridine rings is 4. The summed E-state index contributed by atoms with van der Waals surface area (Å²) in [6, 6.07) is 15.9. The van der Waals surface area contributed by atoms with Gasteiger partial charge >= 0.3 is 0 Å². The molecular weight excluding hydrogens is 444 g/mol. The van der Waals surface area contributed by atoms with E-state index in [4.69, 9.17) is 0 Å². The smallest absolute Gasteiger partial charge is 0.173 e. The second-order valence-electron chi connectivity index (χ2n) is 7.65. The lowest BCUT2D eigenvalue weighted by Crippen LogP contribution is -2.06. The molecule has 0 amide bonds. The molecule has 0 radical (unpaired) electrons. The summed E-state index contributed by atoms with van der Waals surface area (Å²) in [6.07, 6.45) is 6.45. The van der Waals surface area contributed by atoms with Crippen molar-refractivity contribution in [3.8, 4) is 22.4 Å². The summed E-state index contributed by atoms with van der Waals surface area (Å²) in [7, 11) is 0. The van der Waals surface area contributed by atoms with Crippen LogP contribution in [0.5, 0.6) is 0 Å². The average molecular weight is 470 g/mol. The van der Waals surface area contributed by atoms with Crippen LogP contribution in [0.4, 0.5) is 14.6 Å². The monoisotopic (exact) mass is 469 g/mol. The Morgan fingerprint density at radius 3 is 2.43 bits per heavy atom. The molecule has 0 spiro atoms. The van der Waals surface area contributed by atoms with Crippen molar-refractivity contribution < 1.29 is 8.78 Å². The summed E-state index contributed by atoms with van der Waals surface area (Å²) < 4.78 is 29.9. The van der Waals surface area contributed by atoms with Crippen molar-refractivity contribution in [2.75, 3.05) is 5.32 Å². The van der Waals surface area contributed by atoms with Gasteiger partial charge in [0.05, 0.1) is 5.52 Å². The van der Waals surface area contributed by atoms with Crippen LogP contribution in [0.15, 0.2) is 79.4 Å². The van der Waals surface area contributed by atoms with Gasteiger partial charge in [0.25, 0.3) is 0 Å². The molecule has 0 aliphatic rings. The van der Waals surface area contributed by atoms with Gasteiger partial charge in [-0.05, 0) is 60.5 Å². The number of nitrogens with one attached hydrogen (secondary N) is 1. The summed E-state index contributed by atoms with van der Waals surface area (Å²) in [4.78, 5) is 16.8. The van der Waals surface area contributed by atoms with E-state index in [0.717, 1.165) is 22.2 Å². The molecule has 7 heteroatoms. The zero-order valence-electron chi connectivity index (χ0n) is 19.8. The van der Waals surface area contributed by atoms with Gasteiger partial charge in [-0.25, -0.2) is 13.8 Å². The summed E-state index contributed by atoms with van der Waals surface area (Å²) in [5, 5.41) is 3.88. The molecule has 5 rings (SSSR count). The second kappa shape index (κ2) is 10.8. The van der Waals surface area contributed by atoms with Crippen LogP contribution in [-0.4, -0.2) is 19.9 Å². The molecule has 0 bridgehead atoms. The highest BCUT2D eigenvalue weighted by Crippen LogP contribution is 2.29. The Balaban J connectivity index is 0.00000141. The average Bonchev–Trinajstić information content (AvgIpc) is 2.89. The number of aryl methyl sites for hydroxylation is 1. The topological polar surface area (TPSA) is 63.6 Å². The maximum absolute atomic E-state index is 15.2. The molecule has 176 valence electrons. The SMILES string of the molecule is CC.Cc1cc(-c2ncc(CNc3nccc(-c4ccc5ncccc5c4)c3F)cc2F)ccn1. The van der Waals surface area contributed by atoms with Crippen molar-refractivity contribution in [3.63, 3.8) is 0 Å². The lowest BCUT2D eigenvalue weighted by atomic mass is 10.0. The number of anilines is 1. The van der Waals surface area contributed by atoms with Crippen LogP contribution in [0.3, 0.4) is 0 Å². The number of benzene rings is 1. The van der Waals surface area contributed by atoms with Crippen LogP contribution < -0.4 is 5.32 Å². The molecule has 1 aromatic carbocycles. The number of fused-ring (bicyclic) bond motifs is 1. The van der Waals surface area contributed by atoms with Gasteiger partial charge in [0, 0.05) is 53.5 Å². The summed E-state index contributed by atoms with van der Waals surface area (Å²) in [5.41, 5.74) is 4.25. The molecule has 5 nitrogen and oxygen atoms in total. The number of aromatic nitrogens is 4. The molecule has 4 heterocycles. The minimum Gasteiger partial charge on any atom is -0.363 e. The number of rotatable bonds is 5. The molecule has 0 saturated carbocycles. The second-order valence-corrected chi connectivity index (χ2v) is 7.65. The highest BCUT2D eigenvalue weighted by molar-refractivity contribution is 5.84. The first-order valence-corrected chi connectivity index (χ1v) is 11.4. The third kappa shape index (κ3) is 5.30. The molecule has 5 aromatic rings. The lowest BCUT2D eigenvalue weighted by Gasteiger charge is -2.11. The molecule has 0 aliphatic heterocycles. The molecule has 0 saturated heterocycles. The van der Waals surface area contributed by atoms with E-state index in [-0.39, 0.29) is 18.1 Å². The van der Waals surface area contributed by atoms with Crippen molar-refractivity contribution in [2.24, 2.45) is 0 Å². The first-order chi connectivity index (χ1) is 17.1. The lowest BCUT2D eigenvalue weighted by molar-refractivity contribution is 0.622. The Labute approximate surface area is 203 Å². The van der Waals surface area contributed by atoms with Crippen molar-refractivity contribution in [1.82, 2.24) is 19.9 Å². The van der Waals surface area contributed by atoms with E-state index in [0.29, 0.717) is 16.7 Å². The van der Waals surface area contributed by atoms with Crippen LogP contribution in [0, 0.1) is 18.6 Å². The number of hydrogen-bond donors (Lipinski definition) is 1. The van der Waals surface area contributed by atoms with E-state index in [9.17, 15) is 4.39 Å². The minimum absolute atomic E-state index is 0.0908. The Bertz CT molecular complexity index is 1470. The van der Waals surface area contributed by atoms with Crippen molar-refractivity contribution in [1.29, 1.82) is 0 Å². The van der Waals surface area contributed by atoms with Gasteiger partial charge in [-0.15, -0.1) is 0 Å². The van der Waals surface area contributed by atoms with Crippen LogP contribution in [0.25, 0.3) is 33.3 Å². The number of hydrogen-bond acceptors (Lipinski definition) is 5. The van der Waals surface area contributed by atoms with Crippen molar-refractivity contribution in [3.05, 3.63) is 102 Å². The van der Waals surface area contributed by atoms with Gasteiger partial charge in [0.2, 0.25) is 0 Å².